The number of carboxylic acids is 1. The molecule has 5 nitrogen and oxygen atoms in total. The fourth-order valence-corrected chi connectivity index (χ4v) is 3.40. The summed E-state index contributed by atoms with van der Waals surface area (Å²) in [6.45, 7) is 3.92. The highest BCUT2D eigenvalue weighted by molar-refractivity contribution is 6.30. The molecule has 30 heavy (non-hydrogen) atoms. The first-order valence-electron chi connectivity index (χ1n) is 9.50. The molecule has 152 valence electrons. The number of rotatable bonds is 6. The Kier molecular flexibility index (Phi) is 5.38. The normalized spacial score (nSPS) is 11.1. The maximum atomic E-state index is 11.9. The minimum atomic E-state index is -1.01. The third-order valence-electron chi connectivity index (χ3n) is 4.51. The molecule has 1 N–H and O–H groups in total. The predicted molar refractivity (Wildman–Crippen MR) is 118 cm³/mol. The summed E-state index contributed by atoms with van der Waals surface area (Å²) in [6, 6.07) is 21.6. The molecule has 0 radical (unpaired) electrons. The largest absolute Gasteiger partial charge is 0.491 e. The van der Waals surface area contributed by atoms with E-state index in [-0.39, 0.29) is 11.8 Å². The second-order valence-corrected chi connectivity index (χ2v) is 7.54. The molecule has 0 atom stereocenters. The van der Waals surface area contributed by atoms with Gasteiger partial charge in [0.25, 0.3) is 0 Å². The molecule has 0 fully saturated rings. The number of aromatic carboxylic acids is 1. The molecule has 0 saturated carbocycles. The van der Waals surface area contributed by atoms with Gasteiger partial charge in [-0.25, -0.2) is 4.79 Å². The smallest absolute Gasteiger partial charge is 0.352 e. The Morgan fingerprint density at radius 3 is 2.17 bits per heavy atom. The Hall–Kier alpha value is -3.44. The molecule has 0 spiro atoms. The highest BCUT2D eigenvalue weighted by Gasteiger charge is 2.17. The average Bonchev–Trinajstić information content (AvgIpc) is 3.09. The van der Waals surface area contributed by atoms with Crippen molar-refractivity contribution in [1.29, 1.82) is 0 Å². The van der Waals surface area contributed by atoms with Gasteiger partial charge in [0, 0.05) is 16.1 Å². The number of aromatic nitrogens is 1. The van der Waals surface area contributed by atoms with E-state index in [1.54, 1.807) is 34.9 Å². The molecule has 1 aromatic heterocycles. The summed E-state index contributed by atoms with van der Waals surface area (Å²) < 4.78 is 13.3. The van der Waals surface area contributed by atoms with Crippen LogP contribution in [0.4, 0.5) is 0 Å². The molecule has 0 bridgehead atoms. The summed E-state index contributed by atoms with van der Waals surface area (Å²) in [4.78, 5) is 11.9. The molecule has 3 aromatic carbocycles. The molecule has 0 aliphatic heterocycles. The zero-order valence-corrected chi connectivity index (χ0v) is 17.3. The van der Waals surface area contributed by atoms with Crippen LogP contribution < -0.4 is 9.47 Å². The van der Waals surface area contributed by atoms with Gasteiger partial charge < -0.3 is 19.1 Å². The number of hydrogen-bond donors (Lipinski definition) is 1. The number of hydrogen-bond acceptors (Lipinski definition) is 3. The van der Waals surface area contributed by atoms with Crippen molar-refractivity contribution in [3.8, 4) is 22.9 Å². The van der Waals surface area contributed by atoms with Crippen molar-refractivity contribution in [3.63, 3.8) is 0 Å². The van der Waals surface area contributed by atoms with E-state index in [1.807, 2.05) is 56.3 Å². The molecule has 0 saturated heterocycles. The molecule has 0 amide bonds. The molecule has 1 heterocycles. The van der Waals surface area contributed by atoms with Crippen molar-refractivity contribution < 1.29 is 19.4 Å². The van der Waals surface area contributed by atoms with Crippen molar-refractivity contribution in [3.05, 3.63) is 83.5 Å². The van der Waals surface area contributed by atoms with Gasteiger partial charge >= 0.3 is 5.97 Å². The molecule has 0 aliphatic carbocycles. The van der Waals surface area contributed by atoms with Crippen LogP contribution in [-0.2, 0) is 0 Å². The van der Waals surface area contributed by atoms with Gasteiger partial charge in [0.2, 0.25) is 0 Å². The number of fused-ring (bicyclic) bond motifs is 1. The van der Waals surface area contributed by atoms with E-state index in [4.69, 9.17) is 21.1 Å². The Bertz CT molecular complexity index is 1190. The third-order valence-corrected chi connectivity index (χ3v) is 4.76. The van der Waals surface area contributed by atoms with E-state index < -0.39 is 5.97 Å². The minimum Gasteiger partial charge on any atom is -0.491 e. The summed E-state index contributed by atoms with van der Waals surface area (Å²) >= 11 is 5.91. The van der Waals surface area contributed by atoms with Gasteiger partial charge in [0.1, 0.15) is 22.9 Å². The predicted octanol–water partition coefficient (Wildman–Crippen LogP) is 6.56. The van der Waals surface area contributed by atoms with Gasteiger partial charge in [-0.3, -0.25) is 0 Å². The first-order chi connectivity index (χ1) is 14.4. The fourth-order valence-electron chi connectivity index (χ4n) is 3.28. The Balaban J connectivity index is 1.73. The lowest BCUT2D eigenvalue weighted by Crippen LogP contribution is -2.07. The summed E-state index contributed by atoms with van der Waals surface area (Å²) in [6.07, 6.45) is 0.0666. The number of carbonyl (C=O) groups is 1. The van der Waals surface area contributed by atoms with Crippen molar-refractivity contribution >= 4 is 28.5 Å². The van der Waals surface area contributed by atoms with Gasteiger partial charge in [-0.2, -0.15) is 0 Å². The second-order valence-electron chi connectivity index (χ2n) is 7.11. The topological polar surface area (TPSA) is 60.7 Å². The van der Waals surface area contributed by atoms with Gasteiger partial charge in [0.05, 0.1) is 11.6 Å². The monoisotopic (exact) mass is 421 g/mol. The zero-order valence-electron chi connectivity index (χ0n) is 16.5. The first-order valence-corrected chi connectivity index (χ1v) is 9.88. The fraction of sp³-hybridized carbons (Fsp3) is 0.125. The Labute approximate surface area is 179 Å². The Morgan fingerprint density at radius 1 is 0.900 bits per heavy atom. The number of carboxylic acid groups (broad SMARTS) is 1. The van der Waals surface area contributed by atoms with E-state index in [2.05, 4.69) is 0 Å². The highest BCUT2D eigenvalue weighted by Crippen LogP contribution is 2.31. The van der Waals surface area contributed by atoms with Crippen LogP contribution in [0, 0.1) is 0 Å². The van der Waals surface area contributed by atoms with Crippen molar-refractivity contribution in [2.75, 3.05) is 0 Å². The van der Waals surface area contributed by atoms with E-state index in [9.17, 15) is 9.90 Å². The van der Waals surface area contributed by atoms with E-state index in [0.717, 1.165) is 22.3 Å². The van der Waals surface area contributed by atoms with Crippen LogP contribution in [0.1, 0.15) is 24.3 Å². The molecular formula is C24H20ClNO4. The summed E-state index contributed by atoms with van der Waals surface area (Å²) in [7, 11) is 0. The molecule has 6 heteroatoms. The second kappa shape index (κ2) is 8.13. The number of benzene rings is 3. The van der Waals surface area contributed by atoms with Gasteiger partial charge in [0.15, 0.2) is 0 Å². The van der Waals surface area contributed by atoms with Crippen LogP contribution in [0.3, 0.4) is 0 Å². The third kappa shape index (κ3) is 4.11. The van der Waals surface area contributed by atoms with Crippen LogP contribution in [0.25, 0.3) is 16.6 Å². The van der Waals surface area contributed by atoms with Crippen molar-refractivity contribution in [2.45, 2.75) is 20.0 Å². The maximum absolute atomic E-state index is 11.9. The summed E-state index contributed by atoms with van der Waals surface area (Å²) in [5.41, 5.74) is 1.68. The highest BCUT2D eigenvalue weighted by atomic mass is 35.5. The van der Waals surface area contributed by atoms with Gasteiger partial charge in [-0.05, 0) is 86.6 Å². The van der Waals surface area contributed by atoms with E-state index in [0.29, 0.717) is 16.5 Å². The Morgan fingerprint density at radius 2 is 1.53 bits per heavy atom. The lowest BCUT2D eigenvalue weighted by molar-refractivity contribution is 0.0688. The quantitative estimate of drug-likeness (QED) is 0.383. The van der Waals surface area contributed by atoms with Gasteiger partial charge in [-0.15, -0.1) is 0 Å². The minimum absolute atomic E-state index is 0.0666. The van der Waals surface area contributed by atoms with E-state index >= 15 is 0 Å². The molecule has 0 unspecified atom stereocenters. The lowest BCUT2D eigenvalue weighted by atomic mass is 10.2. The molecule has 4 aromatic rings. The lowest BCUT2D eigenvalue weighted by Gasteiger charge is -2.12. The van der Waals surface area contributed by atoms with Crippen molar-refractivity contribution in [2.24, 2.45) is 0 Å². The summed E-state index contributed by atoms with van der Waals surface area (Å²) in [5, 5.41) is 11.1. The van der Waals surface area contributed by atoms with Crippen molar-refractivity contribution in [1.82, 2.24) is 4.57 Å². The standard InChI is InChI=1S/C24H20ClNO4/c1-15(2)29-19-9-5-18(6-10-19)26-22-12-11-21(13-16(22)14-23(26)24(27)28)30-20-7-3-17(25)4-8-20/h3-15H,1-2H3,(H,27,28). The SMILES string of the molecule is CC(C)Oc1ccc(-n2c(C(=O)O)cc3cc(Oc4ccc(Cl)cc4)ccc32)cc1. The zero-order chi connectivity index (χ0) is 21.3. The van der Waals surface area contributed by atoms with Crippen LogP contribution in [-0.4, -0.2) is 21.7 Å². The maximum Gasteiger partial charge on any atom is 0.352 e. The number of ether oxygens (including phenoxy) is 2. The van der Waals surface area contributed by atoms with E-state index in [1.165, 1.54) is 0 Å². The number of nitrogens with zero attached hydrogens (tertiary/aromatic N) is 1. The molecule has 4 rings (SSSR count). The summed E-state index contributed by atoms with van der Waals surface area (Å²) in [5.74, 6) is 0.992. The molecular weight excluding hydrogens is 402 g/mol. The average molecular weight is 422 g/mol. The molecule has 0 aliphatic rings. The van der Waals surface area contributed by atoms with Crippen LogP contribution >= 0.6 is 11.6 Å². The van der Waals surface area contributed by atoms with Crippen LogP contribution in [0.2, 0.25) is 5.02 Å². The van der Waals surface area contributed by atoms with Gasteiger partial charge in [-0.1, -0.05) is 11.6 Å². The first kappa shape index (κ1) is 19.9. The van der Waals surface area contributed by atoms with Crippen LogP contribution in [0.15, 0.2) is 72.8 Å². The number of halogens is 1. The van der Waals surface area contributed by atoms with Crippen LogP contribution in [0.5, 0.6) is 17.2 Å².